The van der Waals surface area contributed by atoms with Crippen molar-refractivity contribution in [3.05, 3.63) is 28.2 Å². The first-order valence-electron chi connectivity index (χ1n) is 5.11. The minimum atomic E-state index is -2.94. The summed E-state index contributed by atoms with van der Waals surface area (Å²) in [7, 11) is -1.12. The maximum Gasteiger partial charge on any atom is 0.148 e. The van der Waals surface area contributed by atoms with E-state index < -0.39 is 9.84 Å². The number of hydrogen-bond acceptors (Lipinski definition) is 4. The zero-order valence-corrected chi connectivity index (χ0v) is 12.3. The number of aromatic hydroxyl groups is 1. The fraction of sp³-hybridized carbons (Fsp3) is 0.455. The summed E-state index contributed by atoms with van der Waals surface area (Å²) in [5.74, 6) is 0.345. The molecule has 0 aliphatic rings. The van der Waals surface area contributed by atoms with E-state index in [1.807, 2.05) is 18.0 Å². The van der Waals surface area contributed by atoms with Gasteiger partial charge in [-0.3, -0.25) is 0 Å². The fourth-order valence-electron chi connectivity index (χ4n) is 1.37. The lowest BCUT2D eigenvalue weighted by molar-refractivity contribution is 0.338. The van der Waals surface area contributed by atoms with Crippen LogP contribution in [0.3, 0.4) is 0 Å². The van der Waals surface area contributed by atoms with Crippen molar-refractivity contribution in [2.24, 2.45) is 0 Å². The van der Waals surface area contributed by atoms with Crippen molar-refractivity contribution >= 4 is 25.8 Å². The standard InChI is InChI=1S/C11H16BrNO3S/c1-13(5-6-17(2,15)16)8-9-7-10(12)3-4-11(9)14/h3-4,7,14H,5-6,8H2,1-2H3. The molecule has 0 saturated heterocycles. The highest BCUT2D eigenvalue weighted by molar-refractivity contribution is 9.10. The molecule has 0 spiro atoms. The Morgan fingerprint density at radius 3 is 2.65 bits per heavy atom. The zero-order chi connectivity index (χ0) is 13.1. The first-order chi connectivity index (χ1) is 7.78. The van der Waals surface area contributed by atoms with E-state index >= 15 is 0 Å². The van der Waals surface area contributed by atoms with Gasteiger partial charge < -0.3 is 10.0 Å². The second kappa shape index (κ2) is 5.84. The maximum atomic E-state index is 11.0. The molecule has 0 bridgehead atoms. The topological polar surface area (TPSA) is 57.6 Å². The predicted molar refractivity (Wildman–Crippen MR) is 71.9 cm³/mol. The summed E-state index contributed by atoms with van der Waals surface area (Å²) in [4.78, 5) is 1.86. The minimum Gasteiger partial charge on any atom is -0.508 e. The van der Waals surface area contributed by atoms with Crippen LogP contribution in [0.2, 0.25) is 0 Å². The number of rotatable bonds is 5. The van der Waals surface area contributed by atoms with E-state index in [9.17, 15) is 13.5 Å². The van der Waals surface area contributed by atoms with Gasteiger partial charge in [0, 0.05) is 29.4 Å². The van der Waals surface area contributed by atoms with Crippen LogP contribution in [0.1, 0.15) is 5.56 Å². The lowest BCUT2D eigenvalue weighted by Gasteiger charge is -2.16. The number of phenolic OH excluding ortho intramolecular Hbond substituents is 1. The van der Waals surface area contributed by atoms with Crippen molar-refractivity contribution in [1.29, 1.82) is 0 Å². The molecule has 0 aliphatic heterocycles. The Morgan fingerprint density at radius 2 is 2.06 bits per heavy atom. The van der Waals surface area contributed by atoms with Crippen molar-refractivity contribution in [3.8, 4) is 5.75 Å². The number of sulfone groups is 1. The van der Waals surface area contributed by atoms with Gasteiger partial charge in [-0.25, -0.2) is 8.42 Å². The summed E-state index contributed by atoms with van der Waals surface area (Å²) in [6.07, 6.45) is 1.22. The van der Waals surface area contributed by atoms with E-state index in [-0.39, 0.29) is 11.5 Å². The third-order valence-corrected chi connectivity index (χ3v) is 3.74. The van der Waals surface area contributed by atoms with Gasteiger partial charge >= 0.3 is 0 Å². The van der Waals surface area contributed by atoms with Gasteiger partial charge in [0.05, 0.1) is 5.75 Å². The number of benzene rings is 1. The Hall–Kier alpha value is -0.590. The molecule has 0 fully saturated rings. The molecule has 0 aliphatic carbocycles. The molecule has 96 valence electrons. The first-order valence-corrected chi connectivity index (χ1v) is 7.97. The number of phenols is 1. The summed E-state index contributed by atoms with van der Waals surface area (Å²) >= 11 is 3.33. The molecule has 0 aromatic heterocycles. The van der Waals surface area contributed by atoms with Crippen molar-refractivity contribution < 1.29 is 13.5 Å². The first kappa shape index (κ1) is 14.5. The molecule has 1 aromatic rings. The van der Waals surface area contributed by atoms with Crippen molar-refractivity contribution in [3.63, 3.8) is 0 Å². The third-order valence-electron chi connectivity index (χ3n) is 2.33. The summed E-state index contributed by atoms with van der Waals surface area (Å²) in [6.45, 7) is 0.964. The van der Waals surface area contributed by atoms with Gasteiger partial charge in [0.15, 0.2) is 0 Å². The highest BCUT2D eigenvalue weighted by atomic mass is 79.9. The summed E-state index contributed by atoms with van der Waals surface area (Å²) in [6, 6.07) is 5.20. The molecule has 0 radical (unpaired) electrons. The van der Waals surface area contributed by atoms with Crippen LogP contribution in [0.15, 0.2) is 22.7 Å². The normalized spacial score (nSPS) is 12.0. The third kappa shape index (κ3) is 5.52. The van der Waals surface area contributed by atoms with Crippen LogP contribution in [0.5, 0.6) is 5.75 Å². The predicted octanol–water partition coefficient (Wildman–Crippen LogP) is 1.63. The van der Waals surface area contributed by atoms with Gasteiger partial charge in [-0.05, 0) is 25.2 Å². The van der Waals surface area contributed by atoms with Crippen molar-refractivity contribution in [2.75, 3.05) is 25.6 Å². The highest BCUT2D eigenvalue weighted by Gasteiger charge is 2.08. The second-order valence-corrected chi connectivity index (χ2v) is 7.32. The Balaban J connectivity index is 2.62. The van der Waals surface area contributed by atoms with Crippen LogP contribution in [0.4, 0.5) is 0 Å². The molecule has 1 aromatic carbocycles. The molecule has 1 rings (SSSR count). The van der Waals surface area contributed by atoms with Gasteiger partial charge in [-0.15, -0.1) is 0 Å². The summed E-state index contributed by atoms with van der Waals surface area (Å²) in [5.41, 5.74) is 0.773. The van der Waals surface area contributed by atoms with Crippen molar-refractivity contribution in [1.82, 2.24) is 4.90 Å². The van der Waals surface area contributed by atoms with E-state index in [2.05, 4.69) is 15.9 Å². The molecule has 0 unspecified atom stereocenters. The van der Waals surface area contributed by atoms with Gasteiger partial charge in [-0.1, -0.05) is 15.9 Å². The van der Waals surface area contributed by atoms with Crippen LogP contribution in [-0.2, 0) is 16.4 Å². The molecule has 0 atom stereocenters. The van der Waals surface area contributed by atoms with Crippen molar-refractivity contribution in [2.45, 2.75) is 6.54 Å². The molecule has 0 heterocycles. The Bertz CT molecular complexity index is 487. The lowest BCUT2D eigenvalue weighted by Crippen LogP contribution is -2.24. The zero-order valence-electron chi connectivity index (χ0n) is 9.85. The van der Waals surface area contributed by atoms with Crippen LogP contribution in [0.25, 0.3) is 0 Å². The molecular weight excluding hydrogens is 306 g/mol. The average Bonchev–Trinajstić information content (AvgIpc) is 2.20. The lowest BCUT2D eigenvalue weighted by atomic mass is 10.2. The molecule has 6 heteroatoms. The minimum absolute atomic E-state index is 0.123. The van der Waals surface area contributed by atoms with E-state index in [1.54, 1.807) is 12.1 Å². The molecule has 1 N–H and O–H groups in total. The Kier molecular flexibility index (Phi) is 4.97. The van der Waals surface area contributed by atoms with Gasteiger partial charge in [0.25, 0.3) is 0 Å². The van der Waals surface area contributed by atoms with E-state index in [1.165, 1.54) is 6.26 Å². The van der Waals surface area contributed by atoms with Gasteiger partial charge in [0.1, 0.15) is 15.6 Å². The molecular formula is C11H16BrNO3S. The second-order valence-electron chi connectivity index (χ2n) is 4.14. The fourth-order valence-corrected chi connectivity index (χ4v) is 2.42. The highest BCUT2D eigenvalue weighted by Crippen LogP contribution is 2.22. The average molecular weight is 322 g/mol. The number of nitrogens with zero attached hydrogens (tertiary/aromatic N) is 1. The molecule has 0 amide bonds. The maximum absolute atomic E-state index is 11.0. The number of halogens is 1. The van der Waals surface area contributed by atoms with E-state index in [0.29, 0.717) is 13.1 Å². The number of hydrogen-bond donors (Lipinski definition) is 1. The van der Waals surface area contributed by atoms with Crippen LogP contribution in [-0.4, -0.2) is 44.0 Å². The largest absolute Gasteiger partial charge is 0.508 e. The SMILES string of the molecule is CN(CCS(C)(=O)=O)Cc1cc(Br)ccc1O. The van der Waals surface area contributed by atoms with Gasteiger partial charge in [0.2, 0.25) is 0 Å². The smallest absolute Gasteiger partial charge is 0.148 e. The Labute approximate surface area is 110 Å². The van der Waals surface area contributed by atoms with Crippen LogP contribution < -0.4 is 0 Å². The molecule has 17 heavy (non-hydrogen) atoms. The van der Waals surface area contributed by atoms with E-state index in [0.717, 1.165) is 10.0 Å². The Morgan fingerprint density at radius 1 is 1.41 bits per heavy atom. The monoisotopic (exact) mass is 321 g/mol. The van der Waals surface area contributed by atoms with Gasteiger partial charge in [-0.2, -0.15) is 0 Å². The quantitative estimate of drug-likeness (QED) is 0.895. The summed E-state index contributed by atoms with van der Waals surface area (Å²) < 4.78 is 22.9. The molecule has 4 nitrogen and oxygen atoms in total. The van der Waals surface area contributed by atoms with Crippen LogP contribution >= 0.6 is 15.9 Å². The van der Waals surface area contributed by atoms with Crippen LogP contribution in [0, 0.1) is 0 Å². The van der Waals surface area contributed by atoms with E-state index in [4.69, 9.17) is 0 Å². The molecule has 0 saturated carbocycles. The summed E-state index contributed by atoms with van der Waals surface area (Å²) in [5, 5.41) is 9.65.